The summed E-state index contributed by atoms with van der Waals surface area (Å²) in [5.41, 5.74) is 2.85. The van der Waals surface area contributed by atoms with Gasteiger partial charge in [0.25, 0.3) is 0 Å². The summed E-state index contributed by atoms with van der Waals surface area (Å²) in [5, 5.41) is 0. The van der Waals surface area contributed by atoms with Crippen molar-refractivity contribution >= 4 is 9.52 Å². The Hall–Kier alpha value is 0.411. The van der Waals surface area contributed by atoms with Crippen LogP contribution in [0.25, 0.3) is 0 Å². The van der Waals surface area contributed by atoms with Crippen LogP contribution in [0.4, 0.5) is 0 Å². The molecule has 0 radical (unpaired) electrons. The van der Waals surface area contributed by atoms with Crippen LogP contribution in [0.1, 0.15) is 20.3 Å². The van der Waals surface area contributed by atoms with E-state index in [9.17, 15) is 0 Å². The Labute approximate surface area is 87.9 Å². The number of rotatable bonds is 0. The minimum Gasteiger partial charge on any atom is -0.272 e. The molecule has 11 heavy (non-hydrogen) atoms. The predicted octanol–water partition coefficient (Wildman–Crippen LogP) is 2.33. The molecule has 1 aliphatic carbocycles. The van der Waals surface area contributed by atoms with Crippen molar-refractivity contribution in [1.29, 1.82) is 0 Å². The summed E-state index contributed by atoms with van der Waals surface area (Å²) >= 11 is 0. The van der Waals surface area contributed by atoms with E-state index in [0.717, 1.165) is 6.42 Å². The van der Waals surface area contributed by atoms with E-state index < -0.39 is 0 Å². The third-order valence-electron chi connectivity index (χ3n) is 1.36. The van der Waals surface area contributed by atoms with Gasteiger partial charge in [-0.15, -0.1) is 13.3 Å². The molecule has 0 bridgehead atoms. The molecule has 62 valence electrons. The van der Waals surface area contributed by atoms with Gasteiger partial charge >= 0.3 is 0 Å². The van der Waals surface area contributed by atoms with E-state index in [1.54, 1.807) is 0 Å². The molecule has 0 aliphatic heterocycles. The van der Waals surface area contributed by atoms with E-state index in [4.69, 9.17) is 0 Å². The molecule has 0 aromatic rings. The van der Waals surface area contributed by atoms with Crippen molar-refractivity contribution in [2.24, 2.45) is 0 Å². The van der Waals surface area contributed by atoms with Gasteiger partial charge < -0.3 is 0 Å². The zero-order chi connectivity index (χ0) is 7.98. The molecule has 0 unspecified atom stereocenters. The van der Waals surface area contributed by atoms with Crippen LogP contribution in [0, 0.1) is 6.08 Å². The maximum Gasteiger partial charge on any atom is 0.0135 e. The molecular formula is C9H17SiTi-. The van der Waals surface area contributed by atoms with E-state index in [-0.39, 0.29) is 21.7 Å². The quantitative estimate of drug-likeness (QED) is 0.417. The van der Waals surface area contributed by atoms with E-state index in [2.05, 4.69) is 39.1 Å². The largest absolute Gasteiger partial charge is 0.272 e. The Balaban J connectivity index is 0. The van der Waals surface area contributed by atoms with Crippen LogP contribution < -0.4 is 0 Å². The topological polar surface area (TPSA) is 0 Å². The van der Waals surface area contributed by atoms with Gasteiger partial charge in [-0.1, -0.05) is 20.0 Å². The molecule has 0 heterocycles. The van der Waals surface area contributed by atoms with Gasteiger partial charge in [0.15, 0.2) is 0 Å². The Morgan fingerprint density at radius 2 is 1.82 bits per heavy atom. The molecule has 0 atom stereocenters. The van der Waals surface area contributed by atoms with Crippen LogP contribution in [-0.2, 0) is 21.7 Å². The van der Waals surface area contributed by atoms with Crippen molar-refractivity contribution in [3.8, 4) is 0 Å². The van der Waals surface area contributed by atoms with Gasteiger partial charge in [-0.25, -0.2) is 11.6 Å². The third kappa shape index (κ3) is 6.80. The van der Waals surface area contributed by atoms with Crippen LogP contribution in [-0.4, -0.2) is 9.52 Å². The standard InChI is InChI=1S/C7H9.C2H8Si.Ti/c1-6-4-3-5-7(6)2;1-3-2;/h4H,5H2,1-2H3;3H2,1-2H3;/q-1;;. The molecule has 0 aromatic heterocycles. The first-order valence-electron chi connectivity index (χ1n) is 3.95. The van der Waals surface area contributed by atoms with Gasteiger partial charge in [0, 0.05) is 31.2 Å². The summed E-state index contributed by atoms with van der Waals surface area (Å²) in [6.45, 7) is 8.79. The average Bonchev–Trinajstić information content (AvgIpc) is 2.19. The molecule has 2 heteroatoms. The van der Waals surface area contributed by atoms with Crippen molar-refractivity contribution in [1.82, 2.24) is 0 Å². The summed E-state index contributed by atoms with van der Waals surface area (Å²) in [6, 6.07) is 0. The van der Waals surface area contributed by atoms with Crippen molar-refractivity contribution in [3.05, 3.63) is 23.3 Å². The molecular weight excluding hydrogens is 184 g/mol. The number of allylic oxidation sites excluding steroid dienone is 4. The SMILES string of the molecule is CC1=C(C)C[C-]=C1.C[SiH2]C.[Ti]. The smallest absolute Gasteiger partial charge is 0.0135 e. The van der Waals surface area contributed by atoms with Gasteiger partial charge in [-0.3, -0.25) is 6.08 Å². The molecule has 0 spiro atoms. The number of hydrogen-bond donors (Lipinski definition) is 0. The van der Waals surface area contributed by atoms with E-state index in [1.807, 2.05) is 0 Å². The normalized spacial score (nSPS) is 13.8. The monoisotopic (exact) mass is 201 g/mol. The van der Waals surface area contributed by atoms with E-state index in [0.29, 0.717) is 9.52 Å². The fourth-order valence-electron chi connectivity index (χ4n) is 0.620. The molecule has 1 rings (SSSR count). The van der Waals surface area contributed by atoms with Crippen LogP contribution >= 0.6 is 0 Å². The Morgan fingerprint density at radius 1 is 1.36 bits per heavy atom. The van der Waals surface area contributed by atoms with E-state index >= 15 is 0 Å². The van der Waals surface area contributed by atoms with E-state index in [1.165, 1.54) is 11.1 Å². The first-order chi connectivity index (χ1) is 4.72. The Kier molecular flexibility index (Phi) is 10.8. The van der Waals surface area contributed by atoms with Gasteiger partial charge in [-0.2, -0.15) is 5.57 Å². The molecule has 0 saturated heterocycles. The Bertz CT molecular complexity index is 148. The molecule has 0 amide bonds. The van der Waals surface area contributed by atoms with Crippen LogP contribution in [0.2, 0.25) is 13.1 Å². The summed E-state index contributed by atoms with van der Waals surface area (Å²) in [6.07, 6.45) is 6.22. The molecule has 0 saturated carbocycles. The summed E-state index contributed by atoms with van der Waals surface area (Å²) in [4.78, 5) is 0. The van der Waals surface area contributed by atoms with Crippen molar-refractivity contribution in [2.75, 3.05) is 0 Å². The third-order valence-corrected chi connectivity index (χ3v) is 1.36. The average molecular weight is 201 g/mol. The Morgan fingerprint density at radius 3 is 1.91 bits per heavy atom. The first kappa shape index (κ1) is 14.0. The van der Waals surface area contributed by atoms with Crippen molar-refractivity contribution in [2.45, 2.75) is 33.4 Å². The van der Waals surface area contributed by atoms with Gasteiger partial charge in [0.05, 0.1) is 0 Å². The zero-order valence-electron chi connectivity index (χ0n) is 7.99. The zero-order valence-corrected chi connectivity index (χ0v) is 11.0. The number of hydrogen-bond acceptors (Lipinski definition) is 0. The maximum atomic E-state index is 3.12. The summed E-state index contributed by atoms with van der Waals surface area (Å²) < 4.78 is 0. The van der Waals surface area contributed by atoms with Crippen LogP contribution in [0.5, 0.6) is 0 Å². The van der Waals surface area contributed by atoms with Crippen LogP contribution in [0.15, 0.2) is 17.2 Å². The van der Waals surface area contributed by atoms with Gasteiger partial charge in [-0.05, 0) is 0 Å². The predicted molar refractivity (Wildman–Crippen MR) is 51.1 cm³/mol. The second kappa shape index (κ2) is 8.51. The molecule has 0 aromatic carbocycles. The minimum absolute atomic E-state index is 0. The minimum atomic E-state index is 0. The van der Waals surface area contributed by atoms with Gasteiger partial charge in [0.1, 0.15) is 0 Å². The molecule has 0 nitrogen and oxygen atoms in total. The summed E-state index contributed by atoms with van der Waals surface area (Å²) in [5.74, 6) is 0. The second-order valence-corrected chi connectivity index (χ2v) is 4.11. The summed E-state index contributed by atoms with van der Waals surface area (Å²) in [7, 11) is 0.417. The molecule has 0 N–H and O–H groups in total. The molecule has 1 aliphatic rings. The first-order valence-corrected chi connectivity index (χ1v) is 6.78. The van der Waals surface area contributed by atoms with Crippen molar-refractivity contribution in [3.63, 3.8) is 0 Å². The fourth-order valence-corrected chi connectivity index (χ4v) is 0.620. The molecule has 0 fully saturated rings. The fraction of sp³-hybridized carbons (Fsp3) is 0.556. The van der Waals surface area contributed by atoms with Crippen molar-refractivity contribution < 1.29 is 21.7 Å². The maximum absolute atomic E-state index is 3.12. The van der Waals surface area contributed by atoms with Gasteiger partial charge in [0.2, 0.25) is 0 Å². The van der Waals surface area contributed by atoms with Crippen LogP contribution in [0.3, 0.4) is 0 Å². The second-order valence-electron chi connectivity index (χ2n) is 2.70.